The van der Waals surface area contributed by atoms with Crippen molar-refractivity contribution in [3.63, 3.8) is 0 Å². The first-order chi connectivity index (χ1) is 9.30. The van der Waals surface area contributed by atoms with E-state index in [1.165, 1.54) is 0 Å². The molecular formula is C11H10ClF8NO. The highest BCUT2D eigenvalue weighted by Crippen LogP contribution is 2.41. The van der Waals surface area contributed by atoms with Crippen molar-refractivity contribution in [1.29, 1.82) is 0 Å². The quantitative estimate of drug-likeness (QED) is 0.807. The Labute approximate surface area is 125 Å². The summed E-state index contributed by atoms with van der Waals surface area (Å²) >= 11 is 0. The number of aliphatic hydroxyl groups excluding tert-OH is 1. The Morgan fingerprint density at radius 3 is 1.82 bits per heavy atom. The fraction of sp³-hybridized carbons (Fsp3) is 0.455. The van der Waals surface area contributed by atoms with E-state index in [-0.39, 0.29) is 30.6 Å². The molecule has 11 heteroatoms. The molecule has 22 heavy (non-hydrogen) atoms. The number of alkyl halides is 8. The Hall–Kier alpha value is -1.13. The SMILES string of the molecule is Cl.N[C@H](c1cc(C(F)(F)F)ccc1C(F)(F)F)C(F)(F)CO. The molecule has 128 valence electrons. The van der Waals surface area contributed by atoms with Crippen molar-refractivity contribution in [2.75, 3.05) is 6.61 Å². The number of benzene rings is 1. The van der Waals surface area contributed by atoms with Gasteiger partial charge in [-0.1, -0.05) is 0 Å². The Morgan fingerprint density at radius 2 is 1.45 bits per heavy atom. The Bertz CT molecular complexity index is 514. The number of aliphatic hydroxyl groups is 1. The maximum atomic E-state index is 13.2. The Balaban J connectivity index is 0.00000441. The summed E-state index contributed by atoms with van der Waals surface area (Å²) in [5.74, 6) is -4.20. The second kappa shape index (κ2) is 6.55. The van der Waals surface area contributed by atoms with Crippen molar-refractivity contribution in [2.45, 2.75) is 24.3 Å². The van der Waals surface area contributed by atoms with Crippen LogP contribution < -0.4 is 5.73 Å². The number of nitrogens with two attached hydrogens (primary N) is 1. The predicted octanol–water partition coefficient (Wildman–Crippen LogP) is 3.77. The number of hydrogen-bond acceptors (Lipinski definition) is 2. The van der Waals surface area contributed by atoms with Gasteiger partial charge in [0, 0.05) is 0 Å². The van der Waals surface area contributed by atoms with Crippen molar-refractivity contribution >= 4 is 12.4 Å². The van der Waals surface area contributed by atoms with Gasteiger partial charge < -0.3 is 10.8 Å². The summed E-state index contributed by atoms with van der Waals surface area (Å²) < 4.78 is 102. The average molecular weight is 360 g/mol. The van der Waals surface area contributed by atoms with E-state index < -0.39 is 47.6 Å². The Morgan fingerprint density at radius 1 is 0.955 bits per heavy atom. The van der Waals surface area contributed by atoms with Crippen LogP contribution in [0.25, 0.3) is 0 Å². The minimum absolute atomic E-state index is 0. The van der Waals surface area contributed by atoms with E-state index in [9.17, 15) is 35.1 Å². The number of halogens is 9. The van der Waals surface area contributed by atoms with Crippen LogP contribution in [0.3, 0.4) is 0 Å². The highest BCUT2D eigenvalue weighted by Gasteiger charge is 2.44. The molecule has 0 amide bonds. The van der Waals surface area contributed by atoms with Gasteiger partial charge in [0.2, 0.25) is 0 Å². The molecule has 0 aliphatic rings. The second-order valence-corrected chi connectivity index (χ2v) is 4.19. The minimum Gasteiger partial charge on any atom is -0.390 e. The highest BCUT2D eigenvalue weighted by atomic mass is 35.5. The lowest BCUT2D eigenvalue weighted by Crippen LogP contribution is -2.37. The van der Waals surface area contributed by atoms with Gasteiger partial charge in [-0.15, -0.1) is 12.4 Å². The molecule has 2 nitrogen and oxygen atoms in total. The lowest BCUT2D eigenvalue weighted by molar-refractivity contribution is -0.143. The van der Waals surface area contributed by atoms with Gasteiger partial charge in [0.1, 0.15) is 6.61 Å². The number of hydrogen-bond donors (Lipinski definition) is 2. The van der Waals surface area contributed by atoms with Crippen LogP contribution in [-0.4, -0.2) is 17.6 Å². The molecule has 3 N–H and O–H groups in total. The largest absolute Gasteiger partial charge is 0.416 e. The Kier molecular flexibility index (Phi) is 6.21. The predicted molar refractivity (Wildman–Crippen MR) is 62.7 cm³/mol. The summed E-state index contributed by atoms with van der Waals surface area (Å²) in [7, 11) is 0. The third kappa shape index (κ3) is 4.43. The first-order valence-electron chi connectivity index (χ1n) is 5.33. The molecule has 0 fully saturated rings. The van der Waals surface area contributed by atoms with Crippen molar-refractivity contribution in [2.24, 2.45) is 5.73 Å². The van der Waals surface area contributed by atoms with Crippen LogP contribution >= 0.6 is 12.4 Å². The van der Waals surface area contributed by atoms with Gasteiger partial charge >= 0.3 is 12.4 Å². The molecule has 1 aromatic rings. The van der Waals surface area contributed by atoms with Crippen molar-refractivity contribution in [3.8, 4) is 0 Å². The van der Waals surface area contributed by atoms with E-state index in [2.05, 4.69) is 0 Å². The summed E-state index contributed by atoms with van der Waals surface area (Å²) in [6.07, 6.45) is -10.2. The van der Waals surface area contributed by atoms with Crippen LogP contribution in [0.4, 0.5) is 35.1 Å². The first kappa shape index (κ1) is 20.9. The van der Waals surface area contributed by atoms with Gasteiger partial charge in [-0.3, -0.25) is 0 Å². The monoisotopic (exact) mass is 359 g/mol. The zero-order valence-corrected chi connectivity index (χ0v) is 11.3. The molecule has 1 rings (SSSR count). The van der Waals surface area contributed by atoms with Gasteiger partial charge in [-0.2, -0.15) is 26.3 Å². The van der Waals surface area contributed by atoms with Gasteiger partial charge in [0.25, 0.3) is 5.92 Å². The van der Waals surface area contributed by atoms with E-state index in [0.717, 1.165) is 0 Å². The average Bonchev–Trinajstić information content (AvgIpc) is 2.35. The lowest BCUT2D eigenvalue weighted by atomic mass is 9.94. The molecule has 0 heterocycles. The molecule has 1 aromatic carbocycles. The topological polar surface area (TPSA) is 46.2 Å². The molecular weight excluding hydrogens is 350 g/mol. The number of rotatable bonds is 3. The summed E-state index contributed by atoms with van der Waals surface area (Å²) in [5, 5.41) is 8.42. The van der Waals surface area contributed by atoms with Gasteiger partial charge in [-0.05, 0) is 23.8 Å². The first-order valence-corrected chi connectivity index (χ1v) is 5.33. The van der Waals surface area contributed by atoms with E-state index >= 15 is 0 Å². The normalized spacial score (nSPS) is 14.5. The van der Waals surface area contributed by atoms with E-state index in [0.29, 0.717) is 0 Å². The van der Waals surface area contributed by atoms with E-state index in [4.69, 9.17) is 10.8 Å². The van der Waals surface area contributed by atoms with Gasteiger partial charge in [-0.25, -0.2) is 8.78 Å². The summed E-state index contributed by atoms with van der Waals surface area (Å²) in [4.78, 5) is 0. The summed E-state index contributed by atoms with van der Waals surface area (Å²) in [6, 6.07) is -2.67. The molecule has 0 spiro atoms. The molecule has 0 bridgehead atoms. The van der Waals surface area contributed by atoms with Crippen molar-refractivity contribution in [3.05, 3.63) is 34.9 Å². The zero-order chi connectivity index (χ0) is 16.6. The maximum absolute atomic E-state index is 13.2. The third-order valence-electron chi connectivity index (χ3n) is 2.69. The fourth-order valence-electron chi connectivity index (χ4n) is 1.58. The molecule has 0 aliphatic heterocycles. The zero-order valence-electron chi connectivity index (χ0n) is 10.5. The molecule has 0 aromatic heterocycles. The molecule has 0 radical (unpaired) electrons. The van der Waals surface area contributed by atoms with Crippen molar-refractivity contribution < 1.29 is 40.2 Å². The van der Waals surface area contributed by atoms with Gasteiger partial charge in [0.15, 0.2) is 0 Å². The van der Waals surface area contributed by atoms with Crippen LogP contribution in [0.15, 0.2) is 18.2 Å². The van der Waals surface area contributed by atoms with Crippen LogP contribution in [0.2, 0.25) is 0 Å². The molecule has 0 saturated heterocycles. The lowest BCUT2D eigenvalue weighted by Gasteiger charge is -2.25. The van der Waals surface area contributed by atoms with E-state index in [1.807, 2.05) is 0 Å². The molecule has 0 saturated carbocycles. The summed E-state index contributed by atoms with van der Waals surface area (Å²) in [6.45, 7) is -1.90. The second-order valence-electron chi connectivity index (χ2n) is 4.19. The van der Waals surface area contributed by atoms with Crippen LogP contribution in [0, 0.1) is 0 Å². The molecule has 1 atom stereocenters. The van der Waals surface area contributed by atoms with Crippen molar-refractivity contribution in [1.82, 2.24) is 0 Å². The molecule has 0 aliphatic carbocycles. The standard InChI is InChI=1S/C11H9F8NO.ClH/c12-9(13,4-21)8(20)6-3-5(10(14,15)16)1-2-7(6)11(17,18)19;/h1-3,8,21H,4,20H2;1H/t8-;/m1./s1. The summed E-state index contributed by atoms with van der Waals surface area (Å²) in [5.41, 5.74) is 0.223. The minimum atomic E-state index is -5.16. The highest BCUT2D eigenvalue weighted by molar-refractivity contribution is 5.85. The maximum Gasteiger partial charge on any atom is 0.416 e. The smallest absolute Gasteiger partial charge is 0.390 e. The third-order valence-corrected chi connectivity index (χ3v) is 2.69. The van der Waals surface area contributed by atoms with Crippen LogP contribution in [0.1, 0.15) is 22.7 Å². The van der Waals surface area contributed by atoms with E-state index in [1.54, 1.807) is 0 Å². The fourth-order valence-corrected chi connectivity index (χ4v) is 1.58. The molecule has 0 unspecified atom stereocenters. The van der Waals surface area contributed by atoms with Gasteiger partial charge in [0.05, 0.1) is 17.2 Å². The van der Waals surface area contributed by atoms with Crippen LogP contribution in [0.5, 0.6) is 0 Å². The van der Waals surface area contributed by atoms with Crippen LogP contribution in [-0.2, 0) is 12.4 Å².